The summed E-state index contributed by atoms with van der Waals surface area (Å²) in [6, 6.07) is 13.0. The van der Waals surface area contributed by atoms with Gasteiger partial charge in [0.05, 0.1) is 12.7 Å². The molecule has 26 heavy (non-hydrogen) atoms. The van der Waals surface area contributed by atoms with Gasteiger partial charge in [-0.2, -0.15) is 0 Å². The highest BCUT2D eigenvalue weighted by Crippen LogP contribution is 2.15. The first-order valence-corrected chi connectivity index (χ1v) is 7.92. The van der Waals surface area contributed by atoms with Gasteiger partial charge >= 0.3 is 5.97 Å². The average molecular weight is 356 g/mol. The first-order chi connectivity index (χ1) is 12.4. The summed E-state index contributed by atoms with van der Waals surface area (Å²) in [4.78, 5) is 35.2. The number of amides is 2. The summed E-state index contributed by atoms with van der Waals surface area (Å²) in [5.41, 5.74) is 1.47. The lowest BCUT2D eigenvalue weighted by molar-refractivity contribution is -0.123. The van der Waals surface area contributed by atoms with Crippen molar-refractivity contribution >= 4 is 29.2 Å². The molecule has 7 heteroatoms. The van der Waals surface area contributed by atoms with Gasteiger partial charge in [0.25, 0.3) is 5.91 Å². The number of rotatable bonds is 6. The molecule has 0 radical (unpaired) electrons. The molecular weight excluding hydrogens is 336 g/mol. The Morgan fingerprint density at radius 2 is 1.42 bits per heavy atom. The Hall–Kier alpha value is -3.35. The van der Waals surface area contributed by atoms with Crippen molar-refractivity contribution in [3.63, 3.8) is 0 Å². The lowest BCUT2D eigenvalue weighted by Crippen LogP contribution is -2.30. The van der Waals surface area contributed by atoms with Crippen LogP contribution in [0.5, 0.6) is 5.75 Å². The number of benzene rings is 2. The molecule has 0 aromatic heterocycles. The van der Waals surface area contributed by atoms with Crippen molar-refractivity contribution in [3.8, 4) is 5.75 Å². The smallest absolute Gasteiger partial charge is 0.338 e. The fraction of sp³-hybridized carbons (Fsp3) is 0.211. The predicted molar refractivity (Wildman–Crippen MR) is 97.2 cm³/mol. The van der Waals surface area contributed by atoms with E-state index in [1.54, 1.807) is 48.5 Å². The quantitative estimate of drug-likeness (QED) is 0.776. The first-order valence-electron chi connectivity index (χ1n) is 7.92. The molecule has 0 saturated carbocycles. The van der Waals surface area contributed by atoms with E-state index in [0.29, 0.717) is 22.7 Å². The monoisotopic (exact) mass is 356 g/mol. The van der Waals surface area contributed by atoms with E-state index < -0.39 is 18.0 Å². The maximum absolute atomic E-state index is 12.2. The van der Waals surface area contributed by atoms with Crippen molar-refractivity contribution in [2.75, 3.05) is 17.7 Å². The van der Waals surface area contributed by atoms with Crippen LogP contribution >= 0.6 is 0 Å². The van der Waals surface area contributed by atoms with Gasteiger partial charge in [-0.3, -0.25) is 9.59 Å². The molecule has 2 amide bonds. The molecule has 0 aliphatic rings. The molecule has 7 nitrogen and oxygen atoms in total. The number of esters is 1. The number of hydrogen-bond acceptors (Lipinski definition) is 5. The highest BCUT2D eigenvalue weighted by molar-refractivity contribution is 5.97. The van der Waals surface area contributed by atoms with E-state index in [-0.39, 0.29) is 5.91 Å². The molecule has 1 atom stereocenters. The van der Waals surface area contributed by atoms with Gasteiger partial charge in [0.1, 0.15) is 5.75 Å². The molecule has 0 saturated heterocycles. The second-order valence-electron chi connectivity index (χ2n) is 5.52. The number of ether oxygens (including phenoxy) is 2. The lowest BCUT2D eigenvalue weighted by Gasteiger charge is -2.14. The van der Waals surface area contributed by atoms with Crippen LogP contribution < -0.4 is 15.4 Å². The number of methoxy groups -OCH3 is 1. The Kier molecular flexibility index (Phi) is 6.32. The molecule has 2 rings (SSSR count). The van der Waals surface area contributed by atoms with Crippen molar-refractivity contribution < 1.29 is 23.9 Å². The Morgan fingerprint density at radius 1 is 0.885 bits per heavy atom. The third-order valence-electron chi connectivity index (χ3n) is 3.45. The normalized spacial score (nSPS) is 11.2. The van der Waals surface area contributed by atoms with Crippen molar-refractivity contribution in [1.82, 2.24) is 0 Å². The van der Waals surface area contributed by atoms with Crippen LogP contribution in [0.25, 0.3) is 0 Å². The van der Waals surface area contributed by atoms with Crippen LogP contribution in [0.1, 0.15) is 24.2 Å². The van der Waals surface area contributed by atoms with Gasteiger partial charge in [0.15, 0.2) is 6.10 Å². The van der Waals surface area contributed by atoms with Gasteiger partial charge < -0.3 is 20.1 Å². The van der Waals surface area contributed by atoms with E-state index >= 15 is 0 Å². The summed E-state index contributed by atoms with van der Waals surface area (Å²) in [6.07, 6.45) is -0.973. The second-order valence-corrected chi connectivity index (χ2v) is 5.52. The van der Waals surface area contributed by atoms with E-state index in [2.05, 4.69) is 10.6 Å². The Balaban J connectivity index is 1.91. The highest BCUT2D eigenvalue weighted by atomic mass is 16.5. The molecule has 0 fully saturated rings. The average Bonchev–Trinajstić information content (AvgIpc) is 2.62. The zero-order valence-corrected chi connectivity index (χ0v) is 14.7. The molecule has 0 aliphatic carbocycles. The maximum atomic E-state index is 12.2. The number of anilines is 2. The molecular formula is C19H20N2O5. The zero-order chi connectivity index (χ0) is 19.1. The summed E-state index contributed by atoms with van der Waals surface area (Å²) >= 11 is 0. The van der Waals surface area contributed by atoms with Gasteiger partial charge in [-0.15, -0.1) is 0 Å². The molecule has 2 aromatic rings. The van der Waals surface area contributed by atoms with Crippen LogP contribution in [0, 0.1) is 0 Å². The number of nitrogens with one attached hydrogen (secondary N) is 2. The van der Waals surface area contributed by atoms with Gasteiger partial charge in [-0.25, -0.2) is 4.79 Å². The van der Waals surface area contributed by atoms with Gasteiger partial charge in [-0.1, -0.05) is 0 Å². The van der Waals surface area contributed by atoms with Gasteiger partial charge in [0.2, 0.25) is 5.91 Å². The number of carbonyl (C=O) groups excluding carboxylic acids is 3. The molecule has 136 valence electrons. The van der Waals surface area contributed by atoms with Crippen molar-refractivity contribution in [2.45, 2.75) is 20.0 Å². The van der Waals surface area contributed by atoms with Crippen LogP contribution in [0.4, 0.5) is 11.4 Å². The molecule has 0 unspecified atom stereocenters. The first kappa shape index (κ1) is 19.0. The number of carbonyl (C=O) groups is 3. The maximum Gasteiger partial charge on any atom is 0.338 e. The van der Waals surface area contributed by atoms with E-state index in [1.807, 2.05) is 0 Å². The summed E-state index contributed by atoms with van der Waals surface area (Å²) < 4.78 is 10.2. The van der Waals surface area contributed by atoms with Gasteiger partial charge in [-0.05, 0) is 55.5 Å². The summed E-state index contributed by atoms with van der Waals surface area (Å²) in [5.74, 6) is -0.619. The van der Waals surface area contributed by atoms with Crippen molar-refractivity contribution in [1.29, 1.82) is 0 Å². The molecule has 0 aliphatic heterocycles. The molecule has 0 spiro atoms. The predicted octanol–water partition coefficient (Wildman–Crippen LogP) is 2.84. The van der Waals surface area contributed by atoms with Crippen LogP contribution in [0.15, 0.2) is 48.5 Å². The lowest BCUT2D eigenvalue weighted by atomic mass is 10.2. The Labute approximate surface area is 151 Å². The Morgan fingerprint density at radius 3 is 1.92 bits per heavy atom. The van der Waals surface area contributed by atoms with Crippen LogP contribution in [0.2, 0.25) is 0 Å². The molecule has 2 aromatic carbocycles. The summed E-state index contributed by atoms with van der Waals surface area (Å²) in [5, 5.41) is 5.28. The highest BCUT2D eigenvalue weighted by Gasteiger charge is 2.19. The SMILES string of the molecule is COc1ccc(C(=O)O[C@@H](C)C(=O)Nc2ccc(NC(C)=O)cc2)cc1. The van der Waals surface area contributed by atoms with Crippen molar-refractivity contribution in [2.24, 2.45) is 0 Å². The minimum absolute atomic E-state index is 0.180. The third kappa shape index (κ3) is 5.34. The van der Waals surface area contributed by atoms with Gasteiger partial charge in [0, 0.05) is 18.3 Å². The summed E-state index contributed by atoms with van der Waals surface area (Å²) in [6.45, 7) is 2.90. The fourth-order valence-corrected chi connectivity index (χ4v) is 2.09. The van der Waals surface area contributed by atoms with E-state index in [1.165, 1.54) is 21.0 Å². The molecule has 2 N–H and O–H groups in total. The zero-order valence-electron chi connectivity index (χ0n) is 14.7. The topological polar surface area (TPSA) is 93.7 Å². The largest absolute Gasteiger partial charge is 0.497 e. The molecule has 0 bridgehead atoms. The van der Waals surface area contributed by atoms with Crippen LogP contribution in [-0.2, 0) is 14.3 Å². The van der Waals surface area contributed by atoms with Crippen LogP contribution in [0.3, 0.4) is 0 Å². The summed E-state index contributed by atoms with van der Waals surface area (Å²) in [7, 11) is 1.53. The van der Waals surface area contributed by atoms with Crippen LogP contribution in [-0.4, -0.2) is 31.0 Å². The Bertz CT molecular complexity index is 785. The molecule has 0 heterocycles. The van der Waals surface area contributed by atoms with E-state index in [9.17, 15) is 14.4 Å². The fourth-order valence-electron chi connectivity index (χ4n) is 2.09. The second kappa shape index (κ2) is 8.66. The minimum Gasteiger partial charge on any atom is -0.497 e. The van der Waals surface area contributed by atoms with Crippen molar-refractivity contribution in [3.05, 3.63) is 54.1 Å². The standard InChI is InChI=1S/C19H20N2O5/c1-12(26-19(24)14-4-10-17(25-3)11-5-14)18(23)21-16-8-6-15(7-9-16)20-13(2)22/h4-12H,1-3H3,(H,20,22)(H,21,23)/t12-/m0/s1. The third-order valence-corrected chi connectivity index (χ3v) is 3.45. The van der Waals surface area contributed by atoms with E-state index in [4.69, 9.17) is 9.47 Å². The van der Waals surface area contributed by atoms with E-state index in [0.717, 1.165) is 0 Å². The number of hydrogen-bond donors (Lipinski definition) is 2. The minimum atomic E-state index is -0.973.